The number of fused-ring (bicyclic) bond motifs is 1. The van der Waals surface area contributed by atoms with E-state index in [0.29, 0.717) is 29.2 Å². The third kappa shape index (κ3) is 9.97. The average Bonchev–Trinajstić information content (AvgIpc) is 3.01. The summed E-state index contributed by atoms with van der Waals surface area (Å²) >= 11 is 0. The molecule has 0 aliphatic rings. The number of rotatable bonds is 12. The van der Waals surface area contributed by atoms with Gasteiger partial charge in [0.05, 0.1) is 0 Å². The second-order valence-corrected chi connectivity index (χ2v) is 13.7. The number of amides is 3. The van der Waals surface area contributed by atoms with E-state index in [2.05, 4.69) is 24.5 Å². The molecule has 48 heavy (non-hydrogen) atoms. The number of aromatic hydroxyl groups is 2. The highest BCUT2D eigenvalue weighted by Gasteiger charge is 2.39. The molecule has 9 heteroatoms. The summed E-state index contributed by atoms with van der Waals surface area (Å²) in [5.41, 5.74) is 0.841. The molecule has 0 aliphatic carbocycles. The standard InChI is InChI=1S/C39H47N3O6/c1-25(2)14-15-26(3)42(37(46)34(41-38(47)48-39(4,5)6)22-27-16-20-32(43)21-17-27)35(30-12-9-13-33(44)24-30)36(45)40-31-19-18-28-10-7-8-11-29(28)23-31/h7-13,16-21,23-26,34-35,43-44H,14-15,22H2,1-6H3,(H,40,45)(H,41,47). The number of hydrogen-bond acceptors (Lipinski definition) is 6. The van der Waals surface area contributed by atoms with Crippen molar-refractivity contribution < 1.29 is 29.3 Å². The molecule has 254 valence electrons. The normalized spacial score (nSPS) is 13.4. The molecule has 0 heterocycles. The van der Waals surface area contributed by atoms with Crippen LogP contribution < -0.4 is 10.6 Å². The largest absolute Gasteiger partial charge is 0.508 e. The van der Waals surface area contributed by atoms with E-state index in [-0.39, 0.29) is 17.9 Å². The number of phenols is 2. The first-order chi connectivity index (χ1) is 22.7. The smallest absolute Gasteiger partial charge is 0.408 e. The minimum absolute atomic E-state index is 0.0502. The number of ether oxygens (including phenoxy) is 1. The van der Waals surface area contributed by atoms with Gasteiger partial charge in [0.2, 0.25) is 5.91 Å². The van der Waals surface area contributed by atoms with E-state index >= 15 is 0 Å². The molecule has 0 aliphatic heterocycles. The highest BCUT2D eigenvalue weighted by molar-refractivity contribution is 6.00. The molecule has 4 rings (SSSR count). The lowest BCUT2D eigenvalue weighted by molar-refractivity contribution is -0.143. The van der Waals surface area contributed by atoms with E-state index < -0.39 is 41.6 Å². The molecule has 4 aromatic rings. The van der Waals surface area contributed by atoms with Gasteiger partial charge in [-0.05, 0) is 105 Å². The summed E-state index contributed by atoms with van der Waals surface area (Å²) in [6.45, 7) is 11.3. The summed E-state index contributed by atoms with van der Waals surface area (Å²) in [5.74, 6) is -0.609. The summed E-state index contributed by atoms with van der Waals surface area (Å²) in [4.78, 5) is 44.0. The SMILES string of the molecule is CC(C)CCC(C)N(C(=O)C(Cc1ccc(O)cc1)NC(=O)OC(C)(C)C)C(C(=O)Nc1ccc2ccccc2c1)c1cccc(O)c1. The minimum Gasteiger partial charge on any atom is -0.508 e. The van der Waals surface area contributed by atoms with Crippen molar-refractivity contribution in [3.8, 4) is 11.5 Å². The maximum Gasteiger partial charge on any atom is 0.408 e. The summed E-state index contributed by atoms with van der Waals surface area (Å²) < 4.78 is 5.54. The first-order valence-corrected chi connectivity index (χ1v) is 16.4. The predicted octanol–water partition coefficient (Wildman–Crippen LogP) is 7.72. The van der Waals surface area contributed by atoms with E-state index in [1.807, 2.05) is 49.4 Å². The Morgan fingerprint density at radius 3 is 2.12 bits per heavy atom. The average molecular weight is 654 g/mol. The second-order valence-electron chi connectivity index (χ2n) is 13.7. The van der Waals surface area contributed by atoms with Crippen LogP contribution in [0.25, 0.3) is 10.8 Å². The molecule has 4 N–H and O–H groups in total. The summed E-state index contributed by atoms with van der Waals surface area (Å²) in [6, 6.07) is 23.4. The van der Waals surface area contributed by atoms with Gasteiger partial charge in [0.1, 0.15) is 29.2 Å². The summed E-state index contributed by atoms with van der Waals surface area (Å²) in [6.07, 6.45) is 0.668. The number of alkyl carbamates (subject to hydrolysis) is 1. The topological polar surface area (TPSA) is 128 Å². The van der Waals surface area contributed by atoms with Crippen molar-refractivity contribution in [1.29, 1.82) is 0 Å². The van der Waals surface area contributed by atoms with Gasteiger partial charge in [0, 0.05) is 18.2 Å². The van der Waals surface area contributed by atoms with Crippen LogP contribution in [0, 0.1) is 5.92 Å². The molecule has 3 amide bonds. The lowest BCUT2D eigenvalue weighted by Crippen LogP contribution is -2.55. The van der Waals surface area contributed by atoms with Crippen LogP contribution in [0.5, 0.6) is 11.5 Å². The van der Waals surface area contributed by atoms with Gasteiger partial charge in [-0.1, -0.05) is 68.4 Å². The van der Waals surface area contributed by atoms with Crippen molar-refractivity contribution in [3.63, 3.8) is 0 Å². The van der Waals surface area contributed by atoms with Crippen LogP contribution in [0.1, 0.15) is 71.6 Å². The van der Waals surface area contributed by atoms with Crippen LogP contribution in [-0.4, -0.2) is 50.7 Å². The monoisotopic (exact) mass is 653 g/mol. The third-order valence-corrected chi connectivity index (χ3v) is 7.99. The number of anilines is 1. The zero-order valence-corrected chi connectivity index (χ0v) is 28.6. The van der Waals surface area contributed by atoms with Gasteiger partial charge in [-0.15, -0.1) is 0 Å². The molecule has 0 saturated heterocycles. The fraction of sp³-hybridized carbons (Fsp3) is 0.359. The van der Waals surface area contributed by atoms with Crippen molar-refractivity contribution in [1.82, 2.24) is 10.2 Å². The Morgan fingerprint density at radius 2 is 1.48 bits per heavy atom. The Balaban J connectivity index is 1.80. The maximum absolute atomic E-state index is 14.9. The molecule has 3 unspecified atom stereocenters. The van der Waals surface area contributed by atoms with Crippen LogP contribution in [-0.2, 0) is 20.7 Å². The van der Waals surface area contributed by atoms with Gasteiger partial charge in [-0.25, -0.2) is 4.79 Å². The molecule has 0 aromatic heterocycles. The van der Waals surface area contributed by atoms with Gasteiger partial charge in [-0.3, -0.25) is 9.59 Å². The number of nitrogens with one attached hydrogen (secondary N) is 2. The predicted molar refractivity (Wildman–Crippen MR) is 189 cm³/mol. The minimum atomic E-state index is -1.17. The molecule has 4 aromatic carbocycles. The fourth-order valence-corrected chi connectivity index (χ4v) is 5.62. The Morgan fingerprint density at radius 1 is 0.792 bits per heavy atom. The first-order valence-electron chi connectivity index (χ1n) is 16.4. The van der Waals surface area contributed by atoms with Gasteiger partial charge in [-0.2, -0.15) is 0 Å². The number of phenolic OH excluding ortho intramolecular Hbond substituents is 2. The fourth-order valence-electron chi connectivity index (χ4n) is 5.62. The van der Waals surface area contributed by atoms with E-state index in [0.717, 1.165) is 17.2 Å². The second kappa shape index (κ2) is 15.7. The Kier molecular flexibility index (Phi) is 11.7. The summed E-state index contributed by atoms with van der Waals surface area (Å²) in [5, 5.41) is 28.1. The summed E-state index contributed by atoms with van der Waals surface area (Å²) in [7, 11) is 0. The number of hydrogen-bond donors (Lipinski definition) is 4. The number of benzene rings is 4. The van der Waals surface area contributed by atoms with Crippen molar-refractivity contribution in [2.24, 2.45) is 5.92 Å². The van der Waals surface area contributed by atoms with E-state index in [1.54, 1.807) is 45.0 Å². The third-order valence-electron chi connectivity index (χ3n) is 7.99. The van der Waals surface area contributed by atoms with Crippen LogP contribution in [0.2, 0.25) is 0 Å². The quantitative estimate of drug-likeness (QED) is 0.124. The first kappa shape index (κ1) is 35.8. The lowest BCUT2D eigenvalue weighted by Gasteiger charge is -2.39. The molecule has 0 spiro atoms. The van der Waals surface area contributed by atoms with Gasteiger partial charge < -0.3 is 30.5 Å². The zero-order valence-electron chi connectivity index (χ0n) is 28.6. The van der Waals surface area contributed by atoms with Gasteiger partial charge in [0.25, 0.3) is 5.91 Å². The maximum atomic E-state index is 14.9. The van der Waals surface area contributed by atoms with Crippen LogP contribution in [0.15, 0.2) is 91.0 Å². The van der Waals surface area contributed by atoms with Gasteiger partial charge >= 0.3 is 6.09 Å². The van der Waals surface area contributed by atoms with Gasteiger partial charge in [0.15, 0.2) is 0 Å². The number of carbonyl (C=O) groups is 3. The number of nitrogens with zero attached hydrogens (tertiary/aromatic N) is 1. The van der Waals surface area contributed by atoms with E-state index in [4.69, 9.17) is 4.74 Å². The van der Waals surface area contributed by atoms with Crippen LogP contribution in [0.3, 0.4) is 0 Å². The molecule has 0 bridgehead atoms. The van der Waals surface area contributed by atoms with Crippen LogP contribution >= 0.6 is 0 Å². The van der Waals surface area contributed by atoms with Crippen molar-refractivity contribution in [2.75, 3.05) is 5.32 Å². The van der Waals surface area contributed by atoms with Crippen molar-refractivity contribution >= 4 is 34.4 Å². The zero-order chi connectivity index (χ0) is 35.0. The highest BCUT2D eigenvalue weighted by atomic mass is 16.6. The Hall–Kier alpha value is -5.05. The molecule has 9 nitrogen and oxygen atoms in total. The highest BCUT2D eigenvalue weighted by Crippen LogP contribution is 2.31. The number of carbonyl (C=O) groups excluding carboxylic acids is 3. The van der Waals surface area contributed by atoms with E-state index in [1.165, 1.54) is 29.2 Å². The molecule has 0 saturated carbocycles. The molecule has 0 fully saturated rings. The Labute approximate surface area is 282 Å². The Bertz CT molecular complexity index is 1710. The van der Waals surface area contributed by atoms with E-state index in [9.17, 15) is 24.6 Å². The van der Waals surface area contributed by atoms with Crippen molar-refractivity contribution in [2.45, 2.75) is 84.5 Å². The van der Waals surface area contributed by atoms with Crippen molar-refractivity contribution in [3.05, 3.63) is 102 Å². The molecule has 0 radical (unpaired) electrons. The lowest BCUT2D eigenvalue weighted by atomic mass is 9.95. The molecule has 3 atom stereocenters. The van der Waals surface area contributed by atoms with Crippen LogP contribution in [0.4, 0.5) is 10.5 Å². The molecular formula is C39H47N3O6. The molecular weight excluding hydrogens is 606 g/mol.